The van der Waals surface area contributed by atoms with Crippen molar-refractivity contribution in [2.45, 2.75) is 57.1 Å². The fourth-order valence-corrected chi connectivity index (χ4v) is 3.90. The summed E-state index contributed by atoms with van der Waals surface area (Å²) in [6.45, 7) is 0.724. The van der Waals surface area contributed by atoms with E-state index in [1.54, 1.807) is 7.11 Å². The van der Waals surface area contributed by atoms with E-state index in [1.807, 2.05) is 4.90 Å². The van der Waals surface area contributed by atoms with Crippen molar-refractivity contribution < 1.29 is 14.6 Å². The number of rotatable bonds is 3. The fourth-order valence-electron chi connectivity index (χ4n) is 3.90. The molecule has 3 unspecified atom stereocenters. The van der Waals surface area contributed by atoms with Crippen LogP contribution >= 0.6 is 0 Å². The zero-order valence-electron chi connectivity index (χ0n) is 13.6. The highest BCUT2D eigenvalue weighted by molar-refractivity contribution is 5.90. The van der Waals surface area contributed by atoms with Gasteiger partial charge in [0.25, 0.3) is 5.91 Å². The third-order valence-electron chi connectivity index (χ3n) is 5.14. The monoisotopic (exact) mass is 319 g/mol. The van der Waals surface area contributed by atoms with E-state index in [0.717, 1.165) is 51.5 Å². The van der Waals surface area contributed by atoms with Crippen molar-refractivity contribution in [2.75, 3.05) is 13.7 Å². The molecule has 1 aliphatic heterocycles. The van der Waals surface area contributed by atoms with Crippen LogP contribution in [0.2, 0.25) is 0 Å². The van der Waals surface area contributed by atoms with E-state index >= 15 is 0 Å². The molecule has 3 rings (SSSR count). The van der Waals surface area contributed by atoms with E-state index in [-0.39, 0.29) is 29.8 Å². The number of aliphatic hydroxyl groups excluding tert-OH is 1. The molecule has 23 heavy (non-hydrogen) atoms. The minimum atomic E-state index is -0.293. The van der Waals surface area contributed by atoms with Gasteiger partial charge >= 0.3 is 0 Å². The Morgan fingerprint density at radius 1 is 1.17 bits per heavy atom. The van der Waals surface area contributed by atoms with Gasteiger partial charge in [-0.25, -0.2) is 9.97 Å². The van der Waals surface area contributed by atoms with E-state index < -0.39 is 0 Å². The summed E-state index contributed by atoms with van der Waals surface area (Å²) in [7, 11) is 1.55. The SMILES string of the molecule is COc1cnc(C(=O)N2CCCCC2C2CCCCC2O)nc1. The predicted octanol–water partition coefficient (Wildman–Crippen LogP) is 2.03. The Morgan fingerprint density at radius 2 is 1.87 bits per heavy atom. The maximum absolute atomic E-state index is 12.8. The number of hydrogen-bond donors (Lipinski definition) is 1. The first-order valence-electron chi connectivity index (χ1n) is 8.56. The summed E-state index contributed by atoms with van der Waals surface area (Å²) in [5.74, 6) is 0.809. The molecule has 1 N–H and O–H groups in total. The molecule has 0 spiro atoms. The summed E-state index contributed by atoms with van der Waals surface area (Å²) < 4.78 is 5.04. The zero-order valence-corrected chi connectivity index (χ0v) is 13.6. The number of ether oxygens (including phenoxy) is 1. The quantitative estimate of drug-likeness (QED) is 0.922. The number of carbonyl (C=O) groups excluding carboxylic acids is 1. The van der Waals surface area contributed by atoms with Crippen LogP contribution < -0.4 is 4.74 Å². The molecule has 1 amide bonds. The summed E-state index contributed by atoms with van der Waals surface area (Å²) in [5, 5.41) is 10.4. The van der Waals surface area contributed by atoms with Crippen LogP contribution in [0.1, 0.15) is 55.6 Å². The molecule has 6 nitrogen and oxygen atoms in total. The topological polar surface area (TPSA) is 75.5 Å². The number of carbonyl (C=O) groups is 1. The van der Waals surface area contributed by atoms with Gasteiger partial charge in [-0.15, -0.1) is 0 Å². The van der Waals surface area contributed by atoms with E-state index in [1.165, 1.54) is 12.4 Å². The van der Waals surface area contributed by atoms with Crippen LogP contribution in [0.5, 0.6) is 5.75 Å². The Morgan fingerprint density at radius 3 is 2.57 bits per heavy atom. The first-order chi connectivity index (χ1) is 11.2. The number of amides is 1. The second-order valence-electron chi connectivity index (χ2n) is 6.52. The van der Waals surface area contributed by atoms with Crippen LogP contribution in [0, 0.1) is 5.92 Å². The minimum absolute atomic E-state index is 0.109. The lowest BCUT2D eigenvalue weighted by Gasteiger charge is -2.43. The van der Waals surface area contributed by atoms with Crippen molar-refractivity contribution in [3.8, 4) is 5.75 Å². The number of methoxy groups -OCH3 is 1. The minimum Gasteiger partial charge on any atom is -0.494 e. The summed E-state index contributed by atoms with van der Waals surface area (Å²) >= 11 is 0. The van der Waals surface area contributed by atoms with Gasteiger partial charge in [0.15, 0.2) is 5.75 Å². The third-order valence-corrected chi connectivity index (χ3v) is 5.14. The molecule has 0 aromatic carbocycles. The van der Waals surface area contributed by atoms with E-state index in [4.69, 9.17) is 4.74 Å². The lowest BCUT2D eigenvalue weighted by Crippen LogP contribution is -2.51. The summed E-state index contributed by atoms with van der Waals surface area (Å²) in [4.78, 5) is 23.0. The van der Waals surface area contributed by atoms with Crippen molar-refractivity contribution in [1.29, 1.82) is 0 Å². The molecule has 0 bridgehead atoms. The van der Waals surface area contributed by atoms with Gasteiger partial charge in [0.1, 0.15) is 0 Å². The van der Waals surface area contributed by atoms with Crippen molar-refractivity contribution in [3.05, 3.63) is 18.2 Å². The van der Waals surface area contributed by atoms with Crippen molar-refractivity contribution in [2.24, 2.45) is 5.92 Å². The number of nitrogens with zero attached hydrogens (tertiary/aromatic N) is 3. The van der Waals surface area contributed by atoms with Gasteiger partial charge in [-0.3, -0.25) is 4.79 Å². The molecule has 1 aromatic heterocycles. The summed E-state index contributed by atoms with van der Waals surface area (Å²) in [6, 6.07) is 0.109. The molecular weight excluding hydrogens is 294 g/mol. The van der Waals surface area contributed by atoms with Crippen molar-refractivity contribution in [1.82, 2.24) is 14.9 Å². The fraction of sp³-hybridized carbons (Fsp3) is 0.706. The highest BCUT2D eigenvalue weighted by atomic mass is 16.5. The Hall–Kier alpha value is -1.69. The zero-order chi connectivity index (χ0) is 16.2. The molecular formula is C17H25N3O3. The van der Waals surface area contributed by atoms with Crippen LogP contribution in [0.3, 0.4) is 0 Å². The molecule has 3 atom stereocenters. The van der Waals surface area contributed by atoms with Crippen LogP contribution in [0.25, 0.3) is 0 Å². The van der Waals surface area contributed by atoms with Gasteiger partial charge in [-0.05, 0) is 32.1 Å². The van der Waals surface area contributed by atoms with Crippen LogP contribution in [0.15, 0.2) is 12.4 Å². The van der Waals surface area contributed by atoms with E-state index in [9.17, 15) is 9.90 Å². The second-order valence-corrected chi connectivity index (χ2v) is 6.52. The molecule has 2 aliphatic rings. The Bertz CT molecular complexity index is 534. The number of hydrogen-bond acceptors (Lipinski definition) is 5. The molecule has 0 radical (unpaired) electrons. The first kappa shape index (κ1) is 16.2. The second kappa shape index (κ2) is 7.25. The lowest BCUT2D eigenvalue weighted by atomic mass is 9.78. The Labute approximate surface area is 136 Å². The molecule has 1 aromatic rings. The maximum atomic E-state index is 12.8. The Balaban J connectivity index is 1.78. The molecule has 1 aliphatic carbocycles. The van der Waals surface area contributed by atoms with Gasteiger partial charge in [0, 0.05) is 18.5 Å². The van der Waals surface area contributed by atoms with Crippen molar-refractivity contribution in [3.63, 3.8) is 0 Å². The third kappa shape index (κ3) is 3.47. The maximum Gasteiger partial charge on any atom is 0.291 e. The van der Waals surface area contributed by atoms with Crippen LogP contribution in [-0.4, -0.2) is 51.7 Å². The highest BCUT2D eigenvalue weighted by Crippen LogP contribution is 2.34. The largest absolute Gasteiger partial charge is 0.494 e. The standard InChI is InChI=1S/C17H25N3O3/c1-23-12-10-18-16(19-11-12)17(22)20-9-5-4-7-14(20)13-6-2-3-8-15(13)21/h10-11,13-15,21H,2-9H2,1H3. The molecule has 126 valence electrons. The van der Waals surface area contributed by atoms with Crippen LogP contribution in [0.4, 0.5) is 0 Å². The van der Waals surface area contributed by atoms with Crippen molar-refractivity contribution >= 4 is 5.91 Å². The van der Waals surface area contributed by atoms with Crippen LogP contribution in [-0.2, 0) is 0 Å². The van der Waals surface area contributed by atoms with Gasteiger partial charge in [0.2, 0.25) is 5.82 Å². The molecule has 2 fully saturated rings. The molecule has 6 heteroatoms. The summed E-state index contributed by atoms with van der Waals surface area (Å²) in [6.07, 6.45) is 9.90. The Kier molecular flexibility index (Phi) is 5.10. The van der Waals surface area contributed by atoms with Gasteiger partial charge in [-0.2, -0.15) is 0 Å². The van der Waals surface area contributed by atoms with Gasteiger partial charge in [0.05, 0.1) is 25.6 Å². The van der Waals surface area contributed by atoms with Gasteiger partial charge in [-0.1, -0.05) is 12.8 Å². The average Bonchev–Trinajstić information content (AvgIpc) is 2.62. The van der Waals surface area contributed by atoms with E-state index in [0.29, 0.717) is 5.75 Å². The predicted molar refractivity (Wildman–Crippen MR) is 85.2 cm³/mol. The summed E-state index contributed by atoms with van der Waals surface area (Å²) in [5.41, 5.74) is 0. The van der Waals surface area contributed by atoms with Gasteiger partial charge < -0.3 is 14.7 Å². The number of aliphatic hydroxyl groups is 1. The molecule has 1 saturated heterocycles. The first-order valence-corrected chi connectivity index (χ1v) is 8.56. The average molecular weight is 319 g/mol. The highest BCUT2D eigenvalue weighted by Gasteiger charge is 2.38. The lowest BCUT2D eigenvalue weighted by molar-refractivity contribution is -0.00178. The smallest absolute Gasteiger partial charge is 0.291 e. The molecule has 1 saturated carbocycles. The number of likely N-dealkylation sites (tertiary alicyclic amines) is 1. The number of aromatic nitrogens is 2. The molecule has 2 heterocycles. The van der Waals surface area contributed by atoms with E-state index in [2.05, 4.69) is 9.97 Å². The normalized spacial score (nSPS) is 28.4. The number of piperidine rings is 1.